The number of anilines is 1. The van der Waals surface area contributed by atoms with E-state index in [-0.39, 0.29) is 11.3 Å². The Morgan fingerprint density at radius 1 is 0.929 bits per heavy atom. The number of benzene rings is 3. The number of carbonyl (C=O) groups is 1. The molecule has 1 aromatic heterocycles. The van der Waals surface area contributed by atoms with Crippen LogP contribution in [0.25, 0.3) is 21.7 Å². The summed E-state index contributed by atoms with van der Waals surface area (Å²) in [5, 5.41) is 3.96. The molecule has 0 bridgehead atoms. The third kappa shape index (κ3) is 3.26. The topological polar surface area (TPSA) is 117 Å². The molecule has 0 aliphatic carbocycles. The summed E-state index contributed by atoms with van der Waals surface area (Å²) in [6, 6.07) is 16.9. The van der Waals surface area contributed by atoms with Crippen molar-refractivity contribution in [2.75, 3.05) is 5.32 Å². The average molecular weight is 394 g/mol. The van der Waals surface area contributed by atoms with Crippen molar-refractivity contribution >= 4 is 43.5 Å². The standard InChI is InChI=1S/C20H13NO6S/c22-19(13-4-2-1-3-5-13)21-17-11-16-15-10-14(28(24,25)26)8-6-12(15)7-9-18(16)27-20(17)23/h1-11H,(H,21,22)(H,24,25,26)/p-1. The number of carbonyl (C=O) groups excluding carboxylic acids is 1. The molecular formula is C20H12NO6S-. The smallest absolute Gasteiger partial charge is 0.360 e. The van der Waals surface area contributed by atoms with Gasteiger partial charge in [0.1, 0.15) is 21.4 Å². The molecule has 0 aliphatic rings. The molecule has 4 rings (SSSR count). The molecule has 8 heteroatoms. The second-order valence-electron chi connectivity index (χ2n) is 6.08. The first-order valence-electron chi connectivity index (χ1n) is 8.16. The van der Waals surface area contributed by atoms with Gasteiger partial charge in [-0.05, 0) is 47.2 Å². The van der Waals surface area contributed by atoms with Gasteiger partial charge in [-0.2, -0.15) is 0 Å². The lowest BCUT2D eigenvalue weighted by molar-refractivity contribution is 0.102. The normalized spacial score (nSPS) is 11.6. The minimum atomic E-state index is -4.65. The van der Waals surface area contributed by atoms with Crippen LogP contribution in [0.2, 0.25) is 0 Å². The van der Waals surface area contributed by atoms with Crippen LogP contribution in [0.5, 0.6) is 0 Å². The van der Waals surface area contributed by atoms with Gasteiger partial charge >= 0.3 is 5.63 Å². The zero-order chi connectivity index (χ0) is 19.9. The quantitative estimate of drug-likeness (QED) is 0.324. The maximum absolute atomic E-state index is 12.3. The van der Waals surface area contributed by atoms with Crippen LogP contribution in [-0.2, 0) is 10.1 Å². The highest BCUT2D eigenvalue weighted by atomic mass is 32.2. The Balaban J connectivity index is 1.89. The van der Waals surface area contributed by atoms with Crippen LogP contribution in [0.1, 0.15) is 10.4 Å². The first-order chi connectivity index (χ1) is 13.3. The lowest BCUT2D eigenvalue weighted by atomic mass is 10.1. The van der Waals surface area contributed by atoms with Crippen LogP contribution in [-0.4, -0.2) is 18.9 Å². The molecule has 1 amide bonds. The predicted molar refractivity (Wildman–Crippen MR) is 102 cm³/mol. The summed E-state index contributed by atoms with van der Waals surface area (Å²) >= 11 is 0. The summed E-state index contributed by atoms with van der Waals surface area (Å²) in [6.45, 7) is 0. The van der Waals surface area contributed by atoms with Crippen molar-refractivity contribution in [1.82, 2.24) is 0 Å². The molecule has 1 N–H and O–H groups in total. The van der Waals surface area contributed by atoms with Gasteiger partial charge in [-0.3, -0.25) is 4.79 Å². The summed E-state index contributed by atoms with van der Waals surface area (Å²) in [5.41, 5.74) is -0.275. The van der Waals surface area contributed by atoms with Crippen molar-refractivity contribution in [3.05, 3.63) is 82.7 Å². The van der Waals surface area contributed by atoms with Crippen molar-refractivity contribution in [1.29, 1.82) is 0 Å². The van der Waals surface area contributed by atoms with E-state index in [0.717, 1.165) is 0 Å². The molecule has 3 aromatic carbocycles. The van der Waals surface area contributed by atoms with E-state index in [0.29, 0.717) is 21.7 Å². The summed E-state index contributed by atoms with van der Waals surface area (Å²) in [5.74, 6) is -0.490. The van der Waals surface area contributed by atoms with Gasteiger partial charge in [-0.15, -0.1) is 0 Å². The van der Waals surface area contributed by atoms with Gasteiger partial charge < -0.3 is 14.3 Å². The Labute approximate surface area is 159 Å². The molecule has 0 spiro atoms. The Morgan fingerprint density at radius 2 is 1.64 bits per heavy atom. The summed E-state index contributed by atoms with van der Waals surface area (Å²) in [7, 11) is -4.65. The van der Waals surface area contributed by atoms with Gasteiger partial charge in [-0.25, -0.2) is 13.2 Å². The van der Waals surface area contributed by atoms with E-state index in [1.54, 1.807) is 42.5 Å². The maximum Gasteiger partial charge on any atom is 0.360 e. The molecule has 0 fully saturated rings. The van der Waals surface area contributed by atoms with Crippen molar-refractivity contribution in [3.63, 3.8) is 0 Å². The first kappa shape index (κ1) is 17.9. The number of rotatable bonds is 3. The number of hydrogen-bond acceptors (Lipinski definition) is 6. The predicted octanol–water partition coefficient (Wildman–Crippen LogP) is 3.10. The van der Waals surface area contributed by atoms with E-state index >= 15 is 0 Å². The van der Waals surface area contributed by atoms with E-state index in [4.69, 9.17) is 4.42 Å². The summed E-state index contributed by atoms with van der Waals surface area (Å²) in [4.78, 5) is 24.2. The van der Waals surface area contributed by atoms with Crippen LogP contribution in [0.15, 0.2) is 80.8 Å². The van der Waals surface area contributed by atoms with Crippen LogP contribution in [0, 0.1) is 0 Å². The zero-order valence-corrected chi connectivity index (χ0v) is 15.0. The van der Waals surface area contributed by atoms with Crippen LogP contribution in [0.4, 0.5) is 5.69 Å². The number of amides is 1. The molecule has 1 heterocycles. The molecule has 0 atom stereocenters. The van der Waals surface area contributed by atoms with Gasteiger partial charge in [0.2, 0.25) is 0 Å². The van der Waals surface area contributed by atoms with Gasteiger partial charge in [0.25, 0.3) is 5.91 Å². The second-order valence-corrected chi connectivity index (χ2v) is 7.46. The minimum absolute atomic E-state index is 0.0933. The molecule has 28 heavy (non-hydrogen) atoms. The highest BCUT2D eigenvalue weighted by Crippen LogP contribution is 2.28. The molecule has 140 valence electrons. The zero-order valence-electron chi connectivity index (χ0n) is 14.2. The maximum atomic E-state index is 12.3. The van der Waals surface area contributed by atoms with Crippen LogP contribution >= 0.6 is 0 Å². The van der Waals surface area contributed by atoms with Crippen molar-refractivity contribution in [3.8, 4) is 0 Å². The molecule has 0 unspecified atom stereocenters. The van der Waals surface area contributed by atoms with Crippen molar-refractivity contribution in [2.24, 2.45) is 0 Å². The van der Waals surface area contributed by atoms with E-state index in [1.807, 2.05) is 0 Å². The van der Waals surface area contributed by atoms with Crippen LogP contribution < -0.4 is 10.9 Å². The number of nitrogens with one attached hydrogen (secondary N) is 1. The van der Waals surface area contributed by atoms with E-state index in [2.05, 4.69) is 5.32 Å². The average Bonchev–Trinajstić information content (AvgIpc) is 2.68. The molecular weight excluding hydrogens is 382 g/mol. The largest absolute Gasteiger partial charge is 0.744 e. The summed E-state index contributed by atoms with van der Waals surface area (Å²) < 4.78 is 39.3. The Bertz CT molecular complexity index is 1390. The summed E-state index contributed by atoms with van der Waals surface area (Å²) in [6.07, 6.45) is 0. The Morgan fingerprint density at radius 3 is 2.36 bits per heavy atom. The SMILES string of the molecule is O=C(Nc1cc2c(ccc3ccc(S(=O)(=O)[O-])cc32)oc1=O)c1ccccc1. The van der Waals surface area contributed by atoms with Gasteiger partial charge in [0.15, 0.2) is 0 Å². The molecule has 0 aliphatic heterocycles. The van der Waals surface area contributed by atoms with E-state index < -0.39 is 26.5 Å². The molecule has 7 nitrogen and oxygen atoms in total. The fraction of sp³-hybridized carbons (Fsp3) is 0. The Kier molecular flexibility index (Phi) is 4.21. The highest BCUT2D eigenvalue weighted by Gasteiger charge is 2.13. The Hall–Kier alpha value is -3.49. The molecule has 0 radical (unpaired) electrons. The third-order valence-electron chi connectivity index (χ3n) is 4.28. The third-order valence-corrected chi connectivity index (χ3v) is 5.11. The minimum Gasteiger partial charge on any atom is -0.744 e. The molecule has 0 saturated carbocycles. The fourth-order valence-electron chi connectivity index (χ4n) is 2.92. The van der Waals surface area contributed by atoms with Gasteiger partial charge in [-0.1, -0.05) is 30.3 Å². The lowest BCUT2D eigenvalue weighted by Crippen LogP contribution is -2.17. The second kappa shape index (κ2) is 6.59. The monoisotopic (exact) mass is 394 g/mol. The fourth-order valence-corrected chi connectivity index (χ4v) is 3.42. The van der Waals surface area contributed by atoms with Gasteiger partial charge in [0.05, 0.1) is 4.90 Å². The van der Waals surface area contributed by atoms with E-state index in [9.17, 15) is 22.6 Å². The number of hydrogen-bond donors (Lipinski definition) is 1. The van der Waals surface area contributed by atoms with Crippen molar-refractivity contribution < 1.29 is 22.2 Å². The highest BCUT2D eigenvalue weighted by molar-refractivity contribution is 7.85. The van der Waals surface area contributed by atoms with E-state index in [1.165, 1.54) is 24.3 Å². The lowest BCUT2D eigenvalue weighted by Gasteiger charge is -2.10. The van der Waals surface area contributed by atoms with Crippen LogP contribution in [0.3, 0.4) is 0 Å². The molecule has 0 saturated heterocycles. The van der Waals surface area contributed by atoms with Crippen molar-refractivity contribution in [2.45, 2.75) is 4.90 Å². The van der Waals surface area contributed by atoms with Gasteiger partial charge in [0, 0.05) is 10.9 Å². The molecule has 4 aromatic rings. The first-order valence-corrected chi connectivity index (χ1v) is 9.57. The number of fused-ring (bicyclic) bond motifs is 3.